The predicted octanol–water partition coefficient (Wildman–Crippen LogP) is 2.96. The first-order chi connectivity index (χ1) is 11.2. The minimum absolute atomic E-state index is 0.188. The van der Waals surface area contributed by atoms with Crippen LogP contribution < -0.4 is 0 Å². The fourth-order valence-corrected chi connectivity index (χ4v) is 2.98. The van der Waals surface area contributed by atoms with Gasteiger partial charge in [0.1, 0.15) is 11.1 Å². The lowest BCUT2D eigenvalue weighted by molar-refractivity contribution is -0.149. The number of nitriles is 1. The van der Waals surface area contributed by atoms with Crippen molar-refractivity contribution in [1.29, 1.82) is 5.26 Å². The molecule has 0 saturated carbocycles. The SMILES string of the molecule is CC(C)(C)OC(=O)N1CCC[C@]1(Cc1ccc(C#N)cc1)C(=O)O. The van der Waals surface area contributed by atoms with E-state index in [0.29, 0.717) is 24.9 Å². The molecule has 0 aromatic heterocycles. The van der Waals surface area contributed by atoms with Crippen LogP contribution in [-0.2, 0) is 16.0 Å². The molecular formula is C18H22N2O4. The van der Waals surface area contributed by atoms with Gasteiger partial charge in [-0.05, 0) is 51.3 Å². The molecule has 0 spiro atoms. The molecule has 1 heterocycles. The van der Waals surface area contributed by atoms with Gasteiger partial charge in [-0.3, -0.25) is 4.90 Å². The van der Waals surface area contributed by atoms with Gasteiger partial charge >= 0.3 is 12.1 Å². The average molecular weight is 330 g/mol. The number of rotatable bonds is 3. The summed E-state index contributed by atoms with van der Waals surface area (Å²) in [6.07, 6.45) is 0.576. The molecule has 0 unspecified atom stereocenters. The second kappa shape index (κ2) is 6.52. The first-order valence-corrected chi connectivity index (χ1v) is 7.91. The molecule has 0 bridgehead atoms. The molecule has 1 saturated heterocycles. The third-order valence-corrected chi connectivity index (χ3v) is 4.08. The van der Waals surface area contributed by atoms with Gasteiger partial charge in [-0.15, -0.1) is 0 Å². The number of carbonyl (C=O) groups excluding carboxylic acids is 1. The van der Waals surface area contributed by atoms with Crippen molar-refractivity contribution in [2.24, 2.45) is 0 Å². The third kappa shape index (κ3) is 3.67. The molecule has 6 nitrogen and oxygen atoms in total. The average Bonchev–Trinajstić information content (AvgIpc) is 2.91. The molecule has 1 aromatic rings. The molecule has 24 heavy (non-hydrogen) atoms. The molecular weight excluding hydrogens is 308 g/mol. The summed E-state index contributed by atoms with van der Waals surface area (Å²) in [6, 6.07) is 8.79. The molecule has 1 fully saturated rings. The summed E-state index contributed by atoms with van der Waals surface area (Å²) in [5, 5.41) is 18.7. The van der Waals surface area contributed by atoms with Crippen LogP contribution in [0.15, 0.2) is 24.3 Å². The Morgan fingerprint density at radius 2 is 1.96 bits per heavy atom. The molecule has 1 amide bonds. The van der Waals surface area contributed by atoms with Crippen LogP contribution in [0.4, 0.5) is 4.79 Å². The number of hydrogen-bond donors (Lipinski definition) is 1. The summed E-state index contributed by atoms with van der Waals surface area (Å²) in [5.74, 6) is -1.03. The molecule has 1 aliphatic heterocycles. The van der Waals surface area contributed by atoms with Crippen molar-refractivity contribution in [1.82, 2.24) is 4.90 Å². The molecule has 0 radical (unpaired) electrons. The topological polar surface area (TPSA) is 90.6 Å². The highest BCUT2D eigenvalue weighted by Gasteiger charge is 2.51. The van der Waals surface area contributed by atoms with Crippen molar-refractivity contribution in [2.75, 3.05) is 6.54 Å². The summed E-state index contributed by atoms with van der Waals surface area (Å²) in [5.41, 5.74) is -0.708. The Bertz CT molecular complexity index is 670. The molecule has 0 aliphatic carbocycles. The number of carboxylic acids is 1. The van der Waals surface area contributed by atoms with E-state index in [9.17, 15) is 14.7 Å². The standard InChI is InChI=1S/C18H22N2O4/c1-17(2,3)24-16(23)20-10-4-9-18(20,15(21)22)11-13-5-7-14(12-19)8-6-13/h5-8H,4,9-11H2,1-3H3,(H,21,22)/t18-/m0/s1. The van der Waals surface area contributed by atoms with E-state index in [4.69, 9.17) is 10.00 Å². The highest BCUT2D eigenvalue weighted by Crippen LogP contribution is 2.34. The molecule has 1 aromatic carbocycles. The molecule has 1 atom stereocenters. The maximum atomic E-state index is 12.5. The molecule has 1 aliphatic rings. The Hall–Kier alpha value is -2.55. The number of carboxylic acid groups (broad SMARTS) is 1. The van der Waals surface area contributed by atoms with Gasteiger partial charge in [-0.1, -0.05) is 12.1 Å². The van der Waals surface area contributed by atoms with Crippen LogP contribution in [0.5, 0.6) is 0 Å². The van der Waals surface area contributed by atoms with Crippen LogP contribution in [0, 0.1) is 11.3 Å². The lowest BCUT2D eigenvalue weighted by Gasteiger charge is -2.36. The predicted molar refractivity (Wildman–Crippen MR) is 87.4 cm³/mol. The number of ether oxygens (including phenoxy) is 1. The maximum Gasteiger partial charge on any atom is 0.411 e. The van der Waals surface area contributed by atoms with E-state index in [1.165, 1.54) is 4.90 Å². The van der Waals surface area contributed by atoms with Crippen LogP contribution >= 0.6 is 0 Å². The number of likely N-dealkylation sites (tertiary alicyclic amines) is 1. The zero-order valence-corrected chi connectivity index (χ0v) is 14.2. The second-order valence-corrected chi connectivity index (χ2v) is 7.06. The molecule has 128 valence electrons. The van der Waals surface area contributed by atoms with Gasteiger partial charge in [0, 0.05) is 13.0 Å². The van der Waals surface area contributed by atoms with E-state index in [2.05, 4.69) is 0 Å². The summed E-state index contributed by atoms with van der Waals surface area (Å²) >= 11 is 0. The van der Waals surface area contributed by atoms with E-state index in [0.717, 1.165) is 5.56 Å². The fourth-order valence-electron chi connectivity index (χ4n) is 2.98. The number of carbonyl (C=O) groups is 2. The zero-order chi connectivity index (χ0) is 18.0. The monoisotopic (exact) mass is 330 g/mol. The van der Waals surface area contributed by atoms with Gasteiger partial charge in [0.2, 0.25) is 0 Å². The maximum absolute atomic E-state index is 12.5. The molecule has 1 N–H and O–H groups in total. The van der Waals surface area contributed by atoms with Crippen LogP contribution in [0.2, 0.25) is 0 Å². The summed E-state index contributed by atoms with van der Waals surface area (Å²) in [6.45, 7) is 5.62. The normalized spacial score (nSPS) is 20.5. The number of aliphatic carboxylic acids is 1. The largest absolute Gasteiger partial charge is 0.479 e. The minimum atomic E-state index is -1.31. The Kier molecular flexibility index (Phi) is 4.83. The van der Waals surface area contributed by atoms with Gasteiger partial charge in [-0.25, -0.2) is 9.59 Å². The van der Waals surface area contributed by atoms with Crippen molar-refractivity contribution in [2.45, 2.75) is 51.2 Å². The van der Waals surface area contributed by atoms with Gasteiger partial charge < -0.3 is 9.84 Å². The third-order valence-electron chi connectivity index (χ3n) is 4.08. The Labute approximate surface area is 141 Å². The zero-order valence-electron chi connectivity index (χ0n) is 14.2. The number of benzene rings is 1. The smallest absolute Gasteiger partial charge is 0.411 e. The molecule has 6 heteroatoms. The van der Waals surface area contributed by atoms with E-state index < -0.39 is 23.2 Å². The summed E-state index contributed by atoms with van der Waals surface area (Å²) in [7, 11) is 0. The first kappa shape index (κ1) is 17.8. The minimum Gasteiger partial charge on any atom is -0.479 e. The number of hydrogen-bond acceptors (Lipinski definition) is 4. The van der Waals surface area contributed by atoms with E-state index in [-0.39, 0.29) is 6.42 Å². The van der Waals surface area contributed by atoms with Crippen molar-refractivity contribution >= 4 is 12.1 Å². The van der Waals surface area contributed by atoms with Crippen LogP contribution in [-0.4, -0.2) is 39.8 Å². The Morgan fingerprint density at radius 3 is 2.46 bits per heavy atom. The number of amides is 1. The van der Waals surface area contributed by atoms with Crippen LogP contribution in [0.3, 0.4) is 0 Å². The van der Waals surface area contributed by atoms with Crippen molar-refractivity contribution in [3.8, 4) is 6.07 Å². The van der Waals surface area contributed by atoms with Gasteiger partial charge in [0.25, 0.3) is 0 Å². The second-order valence-electron chi connectivity index (χ2n) is 7.06. The van der Waals surface area contributed by atoms with Crippen LogP contribution in [0.25, 0.3) is 0 Å². The Morgan fingerprint density at radius 1 is 1.33 bits per heavy atom. The highest BCUT2D eigenvalue weighted by atomic mass is 16.6. The Balaban J connectivity index is 2.29. The van der Waals surface area contributed by atoms with E-state index in [1.807, 2.05) is 6.07 Å². The number of nitrogens with zero attached hydrogens (tertiary/aromatic N) is 2. The lowest BCUT2D eigenvalue weighted by atomic mass is 9.88. The molecule has 2 rings (SSSR count). The van der Waals surface area contributed by atoms with E-state index >= 15 is 0 Å². The summed E-state index contributed by atoms with van der Waals surface area (Å²) < 4.78 is 5.38. The van der Waals surface area contributed by atoms with Crippen molar-refractivity contribution in [3.63, 3.8) is 0 Å². The summed E-state index contributed by atoms with van der Waals surface area (Å²) in [4.78, 5) is 25.8. The first-order valence-electron chi connectivity index (χ1n) is 7.91. The lowest BCUT2D eigenvalue weighted by Crippen LogP contribution is -2.55. The highest BCUT2D eigenvalue weighted by molar-refractivity contribution is 5.85. The van der Waals surface area contributed by atoms with Crippen molar-refractivity contribution < 1.29 is 19.4 Å². The van der Waals surface area contributed by atoms with Gasteiger partial charge in [0.05, 0.1) is 11.6 Å². The van der Waals surface area contributed by atoms with Gasteiger partial charge in [0.15, 0.2) is 0 Å². The van der Waals surface area contributed by atoms with Crippen molar-refractivity contribution in [3.05, 3.63) is 35.4 Å². The van der Waals surface area contributed by atoms with Crippen LogP contribution in [0.1, 0.15) is 44.7 Å². The fraction of sp³-hybridized carbons (Fsp3) is 0.500. The quantitative estimate of drug-likeness (QED) is 0.920. The van der Waals surface area contributed by atoms with Gasteiger partial charge in [-0.2, -0.15) is 5.26 Å². The van der Waals surface area contributed by atoms with E-state index in [1.54, 1.807) is 45.0 Å².